The first kappa shape index (κ1) is 12.2. The molecule has 0 spiro atoms. The van der Waals surface area contributed by atoms with E-state index in [9.17, 15) is 4.79 Å². The Morgan fingerprint density at radius 2 is 2.15 bits per heavy atom. The summed E-state index contributed by atoms with van der Waals surface area (Å²) in [5.41, 5.74) is 0. The molecule has 0 fully saturated rings. The van der Waals surface area contributed by atoms with Gasteiger partial charge in [0, 0.05) is 18.7 Å². The van der Waals surface area contributed by atoms with E-state index in [1.54, 1.807) is 6.92 Å². The van der Waals surface area contributed by atoms with Crippen LogP contribution in [0.25, 0.3) is 0 Å². The highest BCUT2D eigenvalue weighted by atomic mass is 16.5. The molecule has 0 unspecified atom stereocenters. The monoisotopic (exact) mass is 185 g/mol. The van der Waals surface area contributed by atoms with E-state index in [-0.39, 0.29) is 5.97 Å². The van der Waals surface area contributed by atoms with Crippen LogP contribution in [-0.2, 0) is 9.53 Å². The van der Waals surface area contributed by atoms with Gasteiger partial charge in [-0.25, -0.2) is 4.79 Å². The number of hydrogen-bond acceptors (Lipinski definition) is 3. The van der Waals surface area contributed by atoms with Crippen molar-refractivity contribution in [2.24, 2.45) is 0 Å². The van der Waals surface area contributed by atoms with Crippen LogP contribution < -0.4 is 0 Å². The smallest absolute Gasteiger partial charge is 0.330 e. The highest BCUT2D eigenvalue weighted by Crippen LogP contribution is 1.93. The molecule has 0 heterocycles. The van der Waals surface area contributed by atoms with Gasteiger partial charge in [0.05, 0.1) is 6.61 Å². The summed E-state index contributed by atoms with van der Waals surface area (Å²) in [5, 5.41) is 0. The molecule has 0 radical (unpaired) electrons. The van der Waals surface area contributed by atoms with E-state index in [1.807, 2.05) is 13.1 Å². The highest BCUT2D eigenvalue weighted by Gasteiger charge is 1.99. The van der Waals surface area contributed by atoms with Crippen molar-refractivity contribution in [1.82, 2.24) is 4.90 Å². The summed E-state index contributed by atoms with van der Waals surface area (Å²) in [6.07, 6.45) is 3.29. The second kappa shape index (κ2) is 6.66. The van der Waals surface area contributed by atoms with Gasteiger partial charge < -0.3 is 9.64 Å². The Bertz CT molecular complexity index is 176. The fraction of sp³-hybridized carbons (Fsp3) is 0.700. The third kappa shape index (κ3) is 6.34. The quantitative estimate of drug-likeness (QED) is 0.479. The highest BCUT2D eigenvalue weighted by molar-refractivity contribution is 5.81. The molecule has 0 aliphatic heterocycles. The van der Waals surface area contributed by atoms with Gasteiger partial charge in [-0.1, -0.05) is 6.08 Å². The minimum absolute atomic E-state index is 0.264. The van der Waals surface area contributed by atoms with Crippen molar-refractivity contribution in [2.75, 3.05) is 20.2 Å². The van der Waals surface area contributed by atoms with Crippen LogP contribution in [0.1, 0.15) is 20.8 Å². The molecule has 0 aliphatic rings. The van der Waals surface area contributed by atoms with Crippen LogP contribution in [0.15, 0.2) is 12.2 Å². The molecule has 0 aromatic rings. The average Bonchev–Trinajstić information content (AvgIpc) is 2.04. The van der Waals surface area contributed by atoms with Crippen molar-refractivity contribution < 1.29 is 9.53 Å². The van der Waals surface area contributed by atoms with Gasteiger partial charge in [-0.2, -0.15) is 0 Å². The molecule has 0 rings (SSSR count). The van der Waals surface area contributed by atoms with Crippen LogP contribution in [0.2, 0.25) is 0 Å². The van der Waals surface area contributed by atoms with E-state index in [0.29, 0.717) is 12.6 Å². The maximum absolute atomic E-state index is 10.9. The van der Waals surface area contributed by atoms with Gasteiger partial charge in [0.15, 0.2) is 0 Å². The zero-order chi connectivity index (χ0) is 10.3. The van der Waals surface area contributed by atoms with E-state index in [1.165, 1.54) is 6.08 Å². The molecule has 0 aromatic carbocycles. The lowest BCUT2D eigenvalue weighted by molar-refractivity contribution is -0.137. The Balaban J connectivity index is 3.68. The standard InChI is InChI=1S/C10H19NO2/c1-5-13-10(12)7-6-8-11(4)9(2)3/h6-7,9H,5,8H2,1-4H3/b7-6+. The molecular weight excluding hydrogens is 166 g/mol. The number of carbonyl (C=O) groups excluding carboxylic acids is 1. The second-order valence-corrected chi connectivity index (χ2v) is 3.19. The number of nitrogens with zero attached hydrogens (tertiary/aromatic N) is 1. The molecule has 0 aliphatic carbocycles. The fourth-order valence-corrected chi connectivity index (χ4v) is 0.716. The van der Waals surface area contributed by atoms with Crippen LogP contribution in [-0.4, -0.2) is 37.1 Å². The number of ether oxygens (including phenoxy) is 1. The third-order valence-corrected chi connectivity index (χ3v) is 1.82. The minimum Gasteiger partial charge on any atom is -0.463 e. The van der Waals surface area contributed by atoms with E-state index in [4.69, 9.17) is 4.74 Å². The average molecular weight is 185 g/mol. The number of carbonyl (C=O) groups is 1. The Hall–Kier alpha value is -0.830. The van der Waals surface area contributed by atoms with Crippen molar-refractivity contribution in [2.45, 2.75) is 26.8 Å². The van der Waals surface area contributed by atoms with Gasteiger partial charge >= 0.3 is 5.97 Å². The molecule has 0 N–H and O–H groups in total. The van der Waals surface area contributed by atoms with E-state index >= 15 is 0 Å². The maximum atomic E-state index is 10.9. The predicted molar refractivity (Wildman–Crippen MR) is 53.5 cm³/mol. The third-order valence-electron chi connectivity index (χ3n) is 1.82. The summed E-state index contributed by atoms with van der Waals surface area (Å²) >= 11 is 0. The summed E-state index contributed by atoms with van der Waals surface area (Å²) in [6, 6.07) is 0.492. The molecule has 0 amide bonds. The topological polar surface area (TPSA) is 29.5 Å². The van der Waals surface area contributed by atoms with Crippen LogP contribution >= 0.6 is 0 Å². The Morgan fingerprint density at radius 3 is 2.62 bits per heavy atom. The summed E-state index contributed by atoms with van der Waals surface area (Å²) in [6.45, 7) is 7.22. The normalized spacial score (nSPS) is 11.5. The molecular formula is C10H19NO2. The molecule has 13 heavy (non-hydrogen) atoms. The molecule has 0 aromatic heterocycles. The van der Waals surface area contributed by atoms with Crippen molar-refractivity contribution in [3.05, 3.63) is 12.2 Å². The second-order valence-electron chi connectivity index (χ2n) is 3.19. The van der Waals surface area contributed by atoms with Gasteiger partial charge in [0.25, 0.3) is 0 Å². The van der Waals surface area contributed by atoms with Crippen molar-refractivity contribution in [3.63, 3.8) is 0 Å². The van der Waals surface area contributed by atoms with Crippen LogP contribution in [0.5, 0.6) is 0 Å². The summed E-state index contributed by atoms with van der Waals surface area (Å²) in [4.78, 5) is 13.0. The first-order valence-corrected chi connectivity index (χ1v) is 4.61. The van der Waals surface area contributed by atoms with Crippen molar-refractivity contribution in [3.8, 4) is 0 Å². The van der Waals surface area contributed by atoms with Crippen molar-refractivity contribution in [1.29, 1.82) is 0 Å². The molecule has 3 heteroatoms. The minimum atomic E-state index is -0.264. The molecule has 0 bridgehead atoms. The first-order valence-electron chi connectivity index (χ1n) is 4.61. The first-order chi connectivity index (χ1) is 6.07. The fourth-order valence-electron chi connectivity index (χ4n) is 0.716. The van der Waals surface area contributed by atoms with Crippen LogP contribution in [0.3, 0.4) is 0 Å². The predicted octanol–water partition coefficient (Wildman–Crippen LogP) is 1.45. The number of esters is 1. The van der Waals surface area contributed by atoms with Gasteiger partial charge in [-0.15, -0.1) is 0 Å². The van der Waals surface area contributed by atoms with E-state index < -0.39 is 0 Å². The summed E-state index contributed by atoms with van der Waals surface area (Å²) < 4.78 is 4.74. The van der Waals surface area contributed by atoms with E-state index in [2.05, 4.69) is 18.7 Å². The zero-order valence-corrected chi connectivity index (χ0v) is 8.91. The lowest BCUT2D eigenvalue weighted by Crippen LogP contribution is -2.26. The molecule has 0 saturated heterocycles. The number of likely N-dealkylation sites (N-methyl/N-ethyl adjacent to an activating group) is 1. The Kier molecular flexibility index (Phi) is 6.24. The Labute approximate surface area is 80.4 Å². The molecule has 3 nitrogen and oxygen atoms in total. The van der Waals surface area contributed by atoms with E-state index in [0.717, 1.165) is 6.54 Å². The van der Waals surface area contributed by atoms with Crippen LogP contribution in [0, 0.1) is 0 Å². The summed E-state index contributed by atoms with van der Waals surface area (Å²) in [5.74, 6) is -0.264. The largest absolute Gasteiger partial charge is 0.463 e. The van der Waals surface area contributed by atoms with Crippen LogP contribution in [0.4, 0.5) is 0 Å². The molecule has 0 saturated carbocycles. The lowest BCUT2D eigenvalue weighted by Gasteiger charge is -2.18. The number of rotatable bonds is 5. The molecule has 76 valence electrons. The number of hydrogen-bond donors (Lipinski definition) is 0. The lowest BCUT2D eigenvalue weighted by atomic mass is 10.3. The van der Waals surface area contributed by atoms with Gasteiger partial charge in [-0.3, -0.25) is 0 Å². The Morgan fingerprint density at radius 1 is 1.54 bits per heavy atom. The van der Waals surface area contributed by atoms with Gasteiger partial charge in [0.2, 0.25) is 0 Å². The van der Waals surface area contributed by atoms with Gasteiger partial charge in [0.1, 0.15) is 0 Å². The summed E-state index contributed by atoms with van der Waals surface area (Å²) in [7, 11) is 2.01. The molecule has 0 atom stereocenters. The zero-order valence-electron chi connectivity index (χ0n) is 8.91. The SMILES string of the molecule is CCOC(=O)/C=C/CN(C)C(C)C. The van der Waals surface area contributed by atoms with Gasteiger partial charge in [-0.05, 0) is 27.8 Å². The van der Waals surface area contributed by atoms with Crippen molar-refractivity contribution >= 4 is 5.97 Å². The maximum Gasteiger partial charge on any atom is 0.330 e.